The van der Waals surface area contributed by atoms with Gasteiger partial charge in [-0.05, 0) is 57.4 Å². The maximum absolute atomic E-state index is 5.74. The van der Waals surface area contributed by atoms with Crippen molar-refractivity contribution in [3.05, 3.63) is 29.8 Å². The van der Waals surface area contributed by atoms with Crippen LogP contribution >= 0.6 is 0 Å². The van der Waals surface area contributed by atoms with Crippen LogP contribution in [-0.4, -0.2) is 12.6 Å². The van der Waals surface area contributed by atoms with Crippen LogP contribution in [0.4, 0.5) is 0 Å². The summed E-state index contributed by atoms with van der Waals surface area (Å²) in [6.45, 7) is 12.0. The quantitative estimate of drug-likeness (QED) is 0.742. The smallest absolute Gasteiger partial charge is 0.120 e. The van der Waals surface area contributed by atoms with Gasteiger partial charge in [0.2, 0.25) is 0 Å². The van der Waals surface area contributed by atoms with Crippen molar-refractivity contribution in [2.24, 2.45) is 5.92 Å². The van der Waals surface area contributed by atoms with Gasteiger partial charge in [0.05, 0.1) is 6.10 Å². The topological polar surface area (TPSA) is 21.3 Å². The maximum Gasteiger partial charge on any atom is 0.120 e. The van der Waals surface area contributed by atoms with E-state index in [0.717, 1.165) is 18.2 Å². The summed E-state index contributed by atoms with van der Waals surface area (Å²) >= 11 is 0. The number of benzene rings is 1. The Bertz CT molecular complexity index is 362. The minimum Gasteiger partial charge on any atom is -0.491 e. The molecule has 0 heterocycles. The zero-order valence-corrected chi connectivity index (χ0v) is 13.1. The Morgan fingerprint density at radius 2 is 1.89 bits per heavy atom. The van der Waals surface area contributed by atoms with Gasteiger partial charge in [-0.15, -0.1) is 0 Å². The average molecular weight is 263 g/mol. The van der Waals surface area contributed by atoms with Gasteiger partial charge in [0.15, 0.2) is 0 Å². The summed E-state index contributed by atoms with van der Waals surface area (Å²) in [5.74, 6) is 1.70. The van der Waals surface area contributed by atoms with Gasteiger partial charge < -0.3 is 10.1 Å². The molecule has 0 aliphatic heterocycles. The molecule has 1 aromatic carbocycles. The van der Waals surface area contributed by atoms with Gasteiger partial charge >= 0.3 is 0 Å². The number of hydrogen-bond acceptors (Lipinski definition) is 2. The first kappa shape index (κ1) is 16.0. The third kappa shape index (κ3) is 6.11. The van der Waals surface area contributed by atoms with Gasteiger partial charge in [-0.3, -0.25) is 0 Å². The molecule has 0 aliphatic carbocycles. The first-order valence-electron chi connectivity index (χ1n) is 7.53. The van der Waals surface area contributed by atoms with Crippen molar-refractivity contribution >= 4 is 0 Å². The monoisotopic (exact) mass is 263 g/mol. The number of hydrogen-bond donors (Lipinski definition) is 1. The van der Waals surface area contributed by atoms with Crippen molar-refractivity contribution in [2.45, 2.75) is 59.6 Å². The van der Waals surface area contributed by atoms with Crippen molar-refractivity contribution in [3.8, 4) is 5.75 Å². The normalized spacial score (nSPS) is 14.4. The van der Waals surface area contributed by atoms with E-state index in [1.165, 1.54) is 18.4 Å². The predicted octanol–water partition coefficient (Wildman–Crippen LogP) is 4.56. The van der Waals surface area contributed by atoms with E-state index in [0.29, 0.717) is 6.04 Å². The molecule has 0 amide bonds. The van der Waals surface area contributed by atoms with E-state index in [4.69, 9.17) is 4.74 Å². The first-order chi connectivity index (χ1) is 9.02. The van der Waals surface area contributed by atoms with E-state index in [1.807, 2.05) is 6.07 Å². The SMILES string of the molecule is CCCC(C)CNC(C)c1cccc(OC(C)C)c1. The fraction of sp³-hybridized carbons (Fsp3) is 0.647. The Hall–Kier alpha value is -1.02. The molecule has 0 radical (unpaired) electrons. The number of ether oxygens (including phenoxy) is 1. The molecule has 0 fully saturated rings. The van der Waals surface area contributed by atoms with Crippen LogP contribution in [-0.2, 0) is 0 Å². The highest BCUT2D eigenvalue weighted by Gasteiger charge is 2.08. The highest BCUT2D eigenvalue weighted by Crippen LogP contribution is 2.20. The molecular weight excluding hydrogens is 234 g/mol. The van der Waals surface area contributed by atoms with E-state index in [1.54, 1.807) is 0 Å². The molecule has 0 saturated heterocycles. The molecule has 2 atom stereocenters. The Balaban J connectivity index is 2.54. The highest BCUT2D eigenvalue weighted by atomic mass is 16.5. The van der Waals surface area contributed by atoms with Crippen LogP contribution in [0.1, 0.15) is 59.1 Å². The van der Waals surface area contributed by atoms with Crippen LogP contribution in [0.3, 0.4) is 0 Å². The van der Waals surface area contributed by atoms with Gasteiger partial charge in [-0.25, -0.2) is 0 Å². The van der Waals surface area contributed by atoms with Gasteiger partial charge in [-0.1, -0.05) is 32.4 Å². The fourth-order valence-electron chi connectivity index (χ4n) is 2.22. The van der Waals surface area contributed by atoms with E-state index in [9.17, 15) is 0 Å². The van der Waals surface area contributed by atoms with Gasteiger partial charge in [0.1, 0.15) is 5.75 Å². The van der Waals surface area contributed by atoms with E-state index in [-0.39, 0.29) is 6.10 Å². The van der Waals surface area contributed by atoms with Crippen LogP contribution in [0.25, 0.3) is 0 Å². The lowest BCUT2D eigenvalue weighted by atomic mass is 10.0. The predicted molar refractivity (Wildman–Crippen MR) is 82.7 cm³/mol. The second-order valence-electron chi connectivity index (χ2n) is 5.76. The van der Waals surface area contributed by atoms with Crippen molar-refractivity contribution < 1.29 is 4.74 Å². The zero-order chi connectivity index (χ0) is 14.3. The largest absolute Gasteiger partial charge is 0.491 e. The summed E-state index contributed by atoms with van der Waals surface area (Å²) in [5, 5.41) is 3.61. The summed E-state index contributed by atoms with van der Waals surface area (Å²) in [4.78, 5) is 0. The highest BCUT2D eigenvalue weighted by molar-refractivity contribution is 5.30. The molecule has 1 rings (SSSR count). The Labute approximate surface area is 118 Å². The summed E-state index contributed by atoms with van der Waals surface area (Å²) in [7, 11) is 0. The molecule has 2 nitrogen and oxygen atoms in total. The second-order valence-corrected chi connectivity index (χ2v) is 5.76. The molecule has 0 aliphatic rings. The minimum absolute atomic E-state index is 0.225. The fourth-order valence-corrected chi connectivity index (χ4v) is 2.22. The van der Waals surface area contributed by atoms with Gasteiger partial charge in [-0.2, -0.15) is 0 Å². The van der Waals surface area contributed by atoms with Crippen LogP contribution in [0.15, 0.2) is 24.3 Å². The molecule has 19 heavy (non-hydrogen) atoms. The van der Waals surface area contributed by atoms with Crippen molar-refractivity contribution in [1.82, 2.24) is 5.32 Å². The Morgan fingerprint density at radius 3 is 2.53 bits per heavy atom. The minimum atomic E-state index is 0.225. The standard InChI is InChI=1S/C17H29NO/c1-6-8-14(4)12-18-15(5)16-9-7-10-17(11-16)19-13(2)3/h7,9-11,13-15,18H,6,8,12H2,1-5H3. The van der Waals surface area contributed by atoms with Crippen LogP contribution < -0.4 is 10.1 Å². The third-order valence-electron chi connectivity index (χ3n) is 3.28. The van der Waals surface area contributed by atoms with Crippen LogP contribution in [0.2, 0.25) is 0 Å². The van der Waals surface area contributed by atoms with Crippen molar-refractivity contribution in [3.63, 3.8) is 0 Å². The van der Waals surface area contributed by atoms with Crippen LogP contribution in [0, 0.1) is 5.92 Å². The zero-order valence-electron chi connectivity index (χ0n) is 13.1. The number of nitrogens with one attached hydrogen (secondary N) is 1. The van der Waals surface area contributed by atoms with Crippen molar-refractivity contribution in [2.75, 3.05) is 6.54 Å². The van der Waals surface area contributed by atoms with E-state index < -0.39 is 0 Å². The summed E-state index contributed by atoms with van der Waals surface area (Å²) in [5.41, 5.74) is 1.29. The molecule has 0 aromatic heterocycles. The summed E-state index contributed by atoms with van der Waals surface area (Å²) < 4.78 is 5.74. The molecule has 0 spiro atoms. The molecule has 108 valence electrons. The third-order valence-corrected chi connectivity index (χ3v) is 3.28. The van der Waals surface area contributed by atoms with Crippen molar-refractivity contribution in [1.29, 1.82) is 0 Å². The second kappa shape index (κ2) is 8.21. The molecule has 2 unspecified atom stereocenters. The lowest BCUT2D eigenvalue weighted by Gasteiger charge is -2.19. The van der Waals surface area contributed by atoms with E-state index >= 15 is 0 Å². The lowest BCUT2D eigenvalue weighted by molar-refractivity contribution is 0.242. The van der Waals surface area contributed by atoms with E-state index in [2.05, 4.69) is 58.1 Å². The molecular formula is C17H29NO. The number of rotatable bonds is 8. The molecule has 0 saturated carbocycles. The Morgan fingerprint density at radius 1 is 1.16 bits per heavy atom. The average Bonchev–Trinajstić information content (AvgIpc) is 2.36. The van der Waals surface area contributed by atoms with Crippen LogP contribution in [0.5, 0.6) is 5.75 Å². The molecule has 1 N–H and O–H groups in total. The lowest BCUT2D eigenvalue weighted by Crippen LogP contribution is -2.24. The van der Waals surface area contributed by atoms with Gasteiger partial charge in [0.25, 0.3) is 0 Å². The summed E-state index contributed by atoms with van der Waals surface area (Å²) in [6.07, 6.45) is 2.77. The molecule has 0 bridgehead atoms. The molecule has 2 heteroatoms. The summed E-state index contributed by atoms with van der Waals surface area (Å²) in [6, 6.07) is 8.77. The first-order valence-corrected chi connectivity index (χ1v) is 7.53. The Kier molecular flexibility index (Phi) is 6.93. The maximum atomic E-state index is 5.74. The van der Waals surface area contributed by atoms with Gasteiger partial charge in [0, 0.05) is 6.04 Å². The molecule has 1 aromatic rings.